The van der Waals surface area contributed by atoms with Gasteiger partial charge in [0.25, 0.3) is 5.91 Å². The molecular weight excluding hydrogens is 1650 g/mol. The van der Waals surface area contributed by atoms with Gasteiger partial charge in [-0.2, -0.15) is 0 Å². The van der Waals surface area contributed by atoms with Crippen LogP contribution in [0.25, 0.3) is 10.9 Å². The number of anilines is 2. The Bertz CT molecular complexity index is 4640. The highest BCUT2D eigenvalue weighted by molar-refractivity contribution is 6.06. The third kappa shape index (κ3) is 33.9. The Morgan fingerprint density at radius 3 is 1.72 bits per heavy atom. The first-order valence-corrected chi connectivity index (χ1v) is 39.7. The number of aromatic amines is 1. The minimum Gasteiger partial charge on any atom is -0.481 e. The highest BCUT2D eigenvalue weighted by Gasteiger charge is 2.41. The van der Waals surface area contributed by atoms with Gasteiger partial charge in [0, 0.05) is 59.8 Å². The number of carbonyl (C=O) groups excluding carboxylic acids is 17. The van der Waals surface area contributed by atoms with E-state index >= 15 is 0 Å². The fourth-order valence-corrected chi connectivity index (χ4v) is 12.8. The van der Waals surface area contributed by atoms with Gasteiger partial charge in [-0.1, -0.05) is 82.7 Å². The lowest BCUT2D eigenvalue weighted by Crippen LogP contribution is -2.62. The first kappa shape index (κ1) is 101. The Morgan fingerprint density at radius 2 is 1.10 bits per heavy atom. The van der Waals surface area contributed by atoms with E-state index in [1.54, 1.807) is 30.5 Å². The van der Waals surface area contributed by atoms with Crippen molar-refractivity contribution in [1.82, 2.24) is 79.4 Å². The molecule has 1 aromatic heterocycles. The molecule has 4 unspecified atom stereocenters. The van der Waals surface area contributed by atoms with Gasteiger partial charge in [0.1, 0.15) is 78.4 Å². The number of primary amides is 1. The average Bonchev–Trinajstić information content (AvgIpc) is 1.74. The van der Waals surface area contributed by atoms with Crippen LogP contribution < -0.4 is 91.6 Å². The van der Waals surface area contributed by atoms with Gasteiger partial charge in [0.15, 0.2) is 5.78 Å². The van der Waals surface area contributed by atoms with Crippen LogP contribution in [0.5, 0.6) is 0 Å². The van der Waals surface area contributed by atoms with Crippen LogP contribution in [0.2, 0.25) is 0 Å². The standard InChI is InChI=1S/C79H105FN18O27/c1-5-6-7-8-9-10-11-22-59(102)90-50(27-41-34-85-48-20-15-13-17-43(41)48)73(118)93-51(30-58(83)101)74(119)95-54(33-65(111)112)75(120)98-67-40(4)125-79(124)55(29-57(100)44-18-12-14-19-46(44)81)96-78(123)66(38(2)26-62(105)106)97-76(121)56(37-99)91-61(104)35-86-70(115)52(31-63(107)108)92-68(113)39(3)88-72(117)53(32-64(109)110)94-71(116)49(89-60(103)36-87-77(67)122)21-16-25-84-69(114)45-24-23-42(80)28-47(45)82/h12-15,17-20,23-24,28,34,38-40,49-56,66-67,85,99H,5-11,16,21-22,25-27,29-33,35-37,81-82H2,1-4H3,(H2,83,101)(H,84,114)(H,86,115)(H,87,122)(H,88,117)(H,89,103)(H,90,102)(H,91,104)(H,92,113)(H,93,118)(H,94,116)(H,95,119)(H,96,123)(H,97,121)(H,98,120)(H,105,106)(H,107,108)(H,109,110)(H,111,112)/t38-,39-,40?,49+,50+,51+,52+,53?,54+,55+,56-,66?,67?/m1/s1. The van der Waals surface area contributed by atoms with Crippen LogP contribution in [0.1, 0.15) is 157 Å². The number of ether oxygens (including phenoxy) is 1. The van der Waals surface area contributed by atoms with Gasteiger partial charge in [-0.25, -0.2) is 9.18 Å². The molecule has 15 amide bonds. The number of Topliss-reactive ketones (excluding diaryl/α,β-unsaturated/α-hetero) is 1. The highest BCUT2D eigenvalue weighted by Crippen LogP contribution is 2.22. The number of hydrogen-bond donors (Lipinski definition) is 23. The van der Waals surface area contributed by atoms with Crippen molar-refractivity contribution in [2.45, 2.75) is 209 Å². The number of fused-ring (bicyclic) bond motifs is 1. The molecule has 45 nitrogen and oxygen atoms in total. The molecular formula is C79H105FN18O27. The molecule has 0 saturated carbocycles. The molecule has 1 aliphatic rings. The SMILES string of the molecule is CCCCCCCCCC(=O)N[C@@H](Cc1c[nH]c2ccccc12)C(=O)N[C@@H](CC(N)=O)C(=O)N[C@@H](CC(=O)O)C(=O)NC1C(=O)NCC(=O)N[C@@H](CCCNC(=O)c2ccc(F)cc2N)C(=O)NC(CC(=O)O)C(=O)N[C@H](C)C(=O)N[C@@H](CC(=O)O)C(=O)NCC(=O)N[C@H](CO)C(=O)NC([C@H](C)CC(=O)O)C(=O)N[C@@H](CC(=O)c2ccccc2N)C(=O)OC1C. The summed E-state index contributed by atoms with van der Waals surface area (Å²) >= 11 is 0. The molecule has 3 aromatic carbocycles. The molecule has 26 N–H and O–H groups in total. The molecule has 680 valence electrons. The van der Waals surface area contributed by atoms with Crippen molar-refractivity contribution in [3.05, 3.63) is 95.4 Å². The first-order valence-electron chi connectivity index (χ1n) is 39.7. The number of ketones is 1. The maximum atomic E-state index is 15.0. The van der Waals surface area contributed by atoms with E-state index in [1.807, 2.05) is 16.0 Å². The second-order valence-corrected chi connectivity index (χ2v) is 29.4. The van der Waals surface area contributed by atoms with Gasteiger partial charge < -0.3 is 127 Å². The number of nitrogens with two attached hydrogens (primary N) is 3. The van der Waals surface area contributed by atoms with Gasteiger partial charge in [0.2, 0.25) is 82.7 Å². The Kier molecular flexibility index (Phi) is 40.7. The van der Waals surface area contributed by atoms with E-state index in [4.69, 9.17) is 21.9 Å². The monoisotopic (exact) mass is 1760 g/mol. The zero-order chi connectivity index (χ0) is 92.9. The smallest absolute Gasteiger partial charge is 0.329 e. The van der Waals surface area contributed by atoms with Crippen molar-refractivity contribution in [3.8, 4) is 0 Å². The number of carbonyl (C=O) groups is 21. The second-order valence-electron chi connectivity index (χ2n) is 29.4. The molecule has 1 saturated heterocycles. The van der Waals surface area contributed by atoms with Crippen molar-refractivity contribution in [3.63, 3.8) is 0 Å². The van der Waals surface area contributed by atoms with E-state index in [9.17, 15) is 131 Å². The first-order chi connectivity index (χ1) is 59.1. The number of halogens is 1. The van der Waals surface area contributed by atoms with E-state index in [0.717, 1.165) is 71.1 Å². The number of aromatic nitrogens is 1. The summed E-state index contributed by atoms with van der Waals surface area (Å²) in [5.74, 6) is -32.3. The van der Waals surface area contributed by atoms with Crippen molar-refractivity contribution < 1.29 is 135 Å². The number of carboxylic acids is 4. The van der Waals surface area contributed by atoms with Gasteiger partial charge in [-0.05, 0) is 81.0 Å². The van der Waals surface area contributed by atoms with Crippen LogP contribution in [0, 0.1) is 11.7 Å². The van der Waals surface area contributed by atoms with E-state index in [0.29, 0.717) is 29.3 Å². The summed E-state index contributed by atoms with van der Waals surface area (Å²) in [7, 11) is 0. The Morgan fingerprint density at radius 1 is 0.544 bits per heavy atom. The largest absolute Gasteiger partial charge is 0.481 e. The summed E-state index contributed by atoms with van der Waals surface area (Å²) in [5.41, 5.74) is 17.6. The Hall–Kier alpha value is -14.2. The van der Waals surface area contributed by atoms with Crippen molar-refractivity contribution in [2.24, 2.45) is 11.7 Å². The van der Waals surface area contributed by atoms with E-state index in [1.165, 1.54) is 24.3 Å². The van der Waals surface area contributed by atoms with Crippen molar-refractivity contribution >= 4 is 147 Å². The molecule has 46 heteroatoms. The van der Waals surface area contributed by atoms with E-state index < -0.39 is 280 Å². The number of para-hydroxylation sites is 2. The molecule has 0 radical (unpaired) electrons. The summed E-state index contributed by atoms with van der Waals surface area (Å²) in [6.45, 7) is 0.641. The van der Waals surface area contributed by atoms with Crippen LogP contribution in [-0.2, 0) is 102 Å². The van der Waals surface area contributed by atoms with Gasteiger partial charge >= 0.3 is 29.8 Å². The van der Waals surface area contributed by atoms with Crippen LogP contribution in [0.15, 0.2) is 72.9 Å². The number of H-pyrrole nitrogens is 1. The normalized spacial score (nSPS) is 20.4. The lowest BCUT2D eigenvalue weighted by atomic mass is 9.96. The summed E-state index contributed by atoms with van der Waals surface area (Å²) in [6.07, 6.45) is -3.27. The molecule has 0 spiro atoms. The lowest BCUT2D eigenvalue weighted by Gasteiger charge is -2.30. The van der Waals surface area contributed by atoms with Crippen LogP contribution in [0.3, 0.4) is 0 Å². The van der Waals surface area contributed by atoms with Gasteiger partial charge in [0.05, 0.1) is 57.4 Å². The predicted octanol–water partition coefficient (Wildman–Crippen LogP) is -4.43. The zero-order valence-electron chi connectivity index (χ0n) is 68.6. The minimum absolute atomic E-state index is 0.0388. The van der Waals surface area contributed by atoms with Gasteiger partial charge in [-0.15, -0.1) is 0 Å². The van der Waals surface area contributed by atoms with Crippen LogP contribution in [-0.4, -0.2) is 254 Å². The van der Waals surface area contributed by atoms with Crippen molar-refractivity contribution in [1.29, 1.82) is 0 Å². The molecule has 5 rings (SSSR count). The number of amides is 15. The number of aliphatic hydroxyl groups is 1. The average molecular weight is 1760 g/mol. The summed E-state index contributed by atoms with van der Waals surface area (Å²) in [5, 5.41) is 81.3. The molecule has 0 bridgehead atoms. The summed E-state index contributed by atoms with van der Waals surface area (Å²) in [4.78, 5) is 292. The second kappa shape index (κ2) is 50.2. The molecule has 4 aromatic rings. The lowest BCUT2D eigenvalue weighted by molar-refractivity contribution is -0.156. The number of nitrogen functional groups attached to an aromatic ring is 2. The molecule has 125 heavy (non-hydrogen) atoms. The van der Waals surface area contributed by atoms with Crippen LogP contribution in [0.4, 0.5) is 15.8 Å². The van der Waals surface area contributed by atoms with E-state index in [2.05, 4.69) is 70.4 Å². The number of benzene rings is 3. The third-order valence-electron chi connectivity index (χ3n) is 19.4. The Balaban J connectivity index is 1.64. The Labute approximate surface area is 712 Å². The number of unbranched alkanes of at least 4 members (excludes halogenated alkanes) is 6. The zero-order valence-corrected chi connectivity index (χ0v) is 68.6. The topological polar surface area (TPSA) is 731 Å². The number of cyclic esters (lactones) is 1. The number of esters is 1. The number of hydrogen-bond acceptors (Lipinski definition) is 25. The molecule has 13 atom stereocenters. The number of nitrogens with one attached hydrogen (secondary N) is 15. The predicted molar refractivity (Wildman–Crippen MR) is 434 cm³/mol. The minimum atomic E-state index is -2.52. The summed E-state index contributed by atoms with van der Waals surface area (Å²) in [6, 6.07) is -8.60. The van der Waals surface area contributed by atoms with E-state index in [-0.39, 0.29) is 41.8 Å². The number of aliphatic hydroxyl groups excluding tert-OH is 1. The maximum Gasteiger partial charge on any atom is 0.329 e. The number of carboxylic acid groups (broad SMARTS) is 4. The van der Waals surface area contributed by atoms with Crippen LogP contribution >= 0.6 is 0 Å². The molecule has 0 aliphatic carbocycles. The van der Waals surface area contributed by atoms with Gasteiger partial charge in [-0.3, -0.25) is 95.9 Å². The third-order valence-corrected chi connectivity index (χ3v) is 19.4. The fraction of sp³-hybridized carbons (Fsp3) is 0.481. The molecule has 2 heterocycles. The number of aliphatic carboxylic acids is 4. The maximum absolute atomic E-state index is 15.0. The quantitative estimate of drug-likeness (QED) is 0.00877. The fourth-order valence-electron chi connectivity index (χ4n) is 12.8. The molecule has 1 fully saturated rings. The highest BCUT2D eigenvalue weighted by atomic mass is 19.1. The van der Waals surface area contributed by atoms with Crippen molar-refractivity contribution in [2.75, 3.05) is 37.7 Å². The molecule has 1 aliphatic heterocycles. The summed E-state index contributed by atoms with van der Waals surface area (Å²) < 4.78 is 19.7. The number of rotatable bonds is 37.